The third kappa shape index (κ3) is 0.700. The Morgan fingerprint density at radius 1 is 1.44 bits per heavy atom. The highest BCUT2D eigenvalue weighted by Gasteiger charge is 2.72. The van der Waals surface area contributed by atoms with Crippen LogP contribution in [-0.4, -0.2) is 18.5 Å². The average Bonchev–Trinajstić information content (AvgIpc) is 2.46. The minimum atomic E-state index is -0.0990. The Morgan fingerprint density at radius 2 is 2.00 bits per heavy atom. The van der Waals surface area contributed by atoms with Crippen molar-refractivity contribution in [3.8, 4) is 0 Å². The summed E-state index contributed by atoms with van der Waals surface area (Å²) in [6, 6.07) is 0. The molecule has 2 fully saturated rings. The third-order valence-electron chi connectivity index (χ3n) is 1.88. The van der Waals surface area contributed by atoms with E-state index in [1.54, 1.807) is 0 Å². The first-order chi connectivity index (χ1) is 4.05. The molecule has 2 heteroatoms. The van der Waals surface area contributed by atoms with Crippen LogP contribution in [-0.2, 0) is 9.47 Å². The number of ether oxygens (including phenoxy) is 2. The molecule has 2 aliphatic rings. The number of hydrogen-bond donors (Lipinski definition) is 0. The topological polar surface area (TPSA) is 25.1 Å². The van der Waals surface area contributed by atoms with Crippen LogP contribution in [0.4, 0.5) is 0 Å². The van der Waals surface area contributed by atoms with Crippen molar-refractivity contribution in [1.29, 1.82) is 0 Å². The molecule has 0 amide bonds. The van der Waals surface area contributed by atoms with Gasteiger partial charge in [0.15, 0.2) is 0 Å². The summed E-state index contributed by atoms with van der Waals surface area (Å²) in [7, 11) is 0. The lowest BCUT2D eigenvalue weighted by Gasteiger charge is -2.12. The van der Waals surface area contributed by atoms with Crippen LogP contribution in [0.2, 0.25) is 0 Å². The number of rotatable bonds is 0. The Morgan fingerprint density at radius 3 is 2.11 bits per heavy atom. The summed E-state index contributed by atoms with van der Waals surface area (Å²) < 4.78 is 10.5. The largest absolute Gasteiger partial charge is 0.340 e. The van der Waals surface area contributed by atoms with Crippen LogP contribution in [0.5, 0.6) is 0 Å². The molecule has 2 rings (SSSR count). The summed E-state index contributed by atoms with van der Waals surface area (Å²) in [4.78, 5) is 0. The molecule has 1 unspecified atom stereocenters. The first kappa shape index (κ1) is 5.69. The van der Waals surface area contributed by atoms with Gasteiger partial charge in [-0.3, -0.25) is 0 Å². The Hall–Kier alpha value is -0.0800. The fourth-order valence-electron chi connectivity index (χ4n) is 1.29. The van der Waals surface area contributed by atoms with Crippen LogP contribution in [0.25, 0.3) is 0 Å². The van der Waals surface area contributed by atoms with Crippen LogP contribution < -0.4 is 0 Å². The van der Waals surface area contributed by atoms with Crippen molar-refractivity contribution >= 4 is 0 Å². The normalized spacial score (nSPS) is 47.7. The van der Waals surface area contributed by atoms with Gasteiger partial charge in [-0.1, -0.05) is 20.8 Å². The highest BCUT2D eigenvalue weighted by atomic mass is 16.9. The first-order valence-electron chi connectivity index (χ1n) is 3.36. The van der Waals surface area contributed by atoms with Crippen molar-refractivity contribution in [3.05, 3.63) is 0 Å². The zero-order valence-electron chi connectivity index (χ0n) is 6.10. The van der Waals surface area contributed by atoms with E-state index in [4.69, 9.17) is 9.47 Å². The van der Waals surface area contributed by atoms with E-state index in [1.165, 1.54) is 0 Å². The monoisotopic (exact) mass is 128 g/mol. The molecule has 0 aromatic carbocycles. The molecule has 52 valence electrons. The van der Waals surface area contributed by atoms with E-state index in [0.29, 0.717) is 6.10 Å². The van der Waals surface area contributed by atoms with Crippen molar-refractivity contribution in [1.82, 2.24) is 0 Å². The van der Waals surface area contributed by atoms with Gasteiger partial charge < -0.3 is 9.47 Å². The van der Waals surface area contributed by atoms with Crippen LogP contribution in [0.15, 0.2) is 0 Å². The lowest BCUT2D eigenvalue weighted by Crippen LogP contribution is -2.17. The van der Waals surface area contributed by atoms with Gasteiger partial charge in [0.25, 0.3) is 0 Å². The van der Waals surface area contributed by atoms with E-state index in [-0.39, 0.29) is 11.2 Å². The Labute approximate surface area is 55.1 Å². The van der Waals surface area contributed by atoms with Crippen LogP contribution in [0, 0.1) is 5.41 Å². The Bertz CT molecular complexity index is 141. The quantitative estimate of drug-likeness (QED) is 0.457. The minimum Gasteiger partial charge on any atom is -0.340 e. The maximum Gasteiger partial charge on any atom is 0.220 e. The SMILES string of the molecule is CC(C)(C)C1O[C@]12CO2. The van der Waals surface area contributed by atoms with Crippen molar-refractivity contribution in [3.63, 3.8) is 0 Å². The van der Waals surface area contributed by atoms with Gasteiger partial charge in [0, 0.05) is 0 Å². The Balaban J connectivity index is 2.04. The molecule has 0 aliphatic carbocycles. The van der Waals surface area contributed by atoms with Crippen molar-refractivity contribution in [2.45, 2.75) is 32.7 Å². The molecule has 2 nitrogen and oxygen atoms in total. The van der Waals surface area contributed by atoms with Gasteiger partial charge in [-0.15, -0.1) is 0 Å². The van der Waals surface area contributed by atoms with Crippen molar-refractivity contribution < 1.29 is 9.47 Å². The minimum absolute atomic E-state index is 0.0990. The molecular formula is C7H12O2. The van der Waals surface area contributed by atoms with Crippen LogP contribution in [0.3, 0.4) is 0 Å². The van der Waals surface area contributed by atoms with Gasteiger partial charge in [0.1, 0.15) is 12.7 Å². The molecule has 2 atom stereocenters. The van der Waals surface area contributed by atoms with Gasteiger partial charge >= 0.3 is 0 Å². The molecule has 9 heavy (non-hydrogen) atoms. The molecular weight excluding hydrogens is 116 g/mol. The third-order valence-corrected chi connectivity index (χ3v) is 1.88. The highest BCUT2D eigenvalue weighted by Crippen LogP contribution is 2.55. The fourth-order valence-corrected chi connectivity index (χ4v) is 1.29. The fraction of sp³-hybridized carbons (Fsp3) is 1.00. The van der Waals surface area contributed by atoms with Crippen LogP contribution >= 0.6 is 0 Å². The van der Waals surface area contributed by atoms with Gasteiger partial charge in [-0.05, 0) is 5.41 Å². The predicted molar refractivity (Wildman–Crippen MR) is 33.0 cm³/mol. The number of epoxide rings is 2. The van der Waals surface area contributed by atoms with Gasteiger partial charge in [-0.2, -0.15) is 0 Å². The number of hydrogen-bond acceptors (Lipinski definition) is 2. The molecule has 0 bridgehead atoms. The molecule has 2 heterocycles. The zero-order chi connectivity index (χ0) is 6.70. The van der Waals surface area contributed by atoms with E-state index in [1.807, 2.05) is 0 Å². The lowest BCUT2D eigenvalue weighted by atomic mass is 9.90. The second kappa shape index (κ2) is 1.18. The summed E-state index contributed by atoms with van der Waals surface area (Å²) in [6.07, 6.45) is 0.352. The second-order valence-corrected chi connectivity index (χ2v) is 3.96. The zero-order valence-corrected chi connectivity index (χ0v) is 6.10. The predicted octanol–water partition coefficient (Wildman–Crippen LogP) is 1.16. The summed E-state index contributed by atoms with van der Waals surface area (Å²) >= 11 is 0. The molecule has 2 aliphatic heterocycles. The molecule has 1 spiro atoms. The lowest BCUT2D eigenvalue weighted by molar-refractivity contribution is 0.230. The van der Waals surface area contributed by atoms with E-state index in [9.17, 15) is 0 Å². The maximum absolute atomic E-state index is 5.36. The highest BCUT2D eigenvalue weighted by molar-refractivity contribution is 5.08. The van der Waals surface area contributed by atoms with Crippen molar-refractivity contribution in [2.24, 2.45) is 5.41 Å². The summed E-state index contributed by atoms with van der Waals surface area (Å²) in [5.74, 6) is -0.0990. The second-order valence-electron chi connectivity index (χ2n) is 3.96. The molecule has 0 aromatic heterocycles. The van der Waals surface area contributed by atoms with Crippen LogP contribution in [0.1, 0.15) is 20.8 Å². The maximum atomic E-state index is 5.36. The van der Waals surface area contributed by atoms with Gasteiger partial charge in [-0.25, -0.2) is 0 Å². The van der Waals surface area contributed by atoms with E-state index in [2.05, 4.69) is 20.8 Å². The van der Waals surface area contributed by atoms with Gasteiger partial charge in [0.05, 0.1) is 0 Å². The molecule has 2 saturated heterocycles. The molecule has 0 saturated carbocycles. The molecule has 0 radical (unpaired) electrons. The smallest absolute Gasteiger partial charge is 0.220 e. The molecule has 0 aromatic rings. The average molecular weight is 128 g/mol. The first-order valence-corrected chi connectivity index (χ1v) is 3.36. The van der Waals surface area contributed by atoms with Gasteiger partial charge in [0.2, 0.25) is 5.79 Å². The molecule has 0 N–H and O–H groups in total. The van der Waals surface area contributed by atoms with Crippen molar-refractivity contribution in [2.75, 3.05) is 6.61 Å². The van der Waals surface area contributed by atoms with E-state index in [0.717, 1.165) is 6.61 Å². The summed E-state index contributed by atoms with van der Waals surface area (Å²) in [6.45, 7) is 7.34. The summed E-state index contributed by atoms with van der Waals surface area (Å²) in [5.41, 5.74) is 0.260. The van der Waals surface area contributed by atoms with E-state index < -0.39 is 0 Å². The summed E-state index contributed by atoms with van der Waals surface area (Å²) in [5, 5.41) is 0. The Kier molecular flexibility index (Phi) is 0.746. The van der Waals surface area contributed by atoms with E-state index >= 15 is 0 Å². The standard InChI is InChI=1S/C7H12O2/c1-6(2,3)5-7(9-5)4-8-7/h5H,4H2,1-3H3/t5?,7-/m1/s1.